The number of alkyl halides is 3. The molecular weight excluding hydrogens is 429 g/mol. The Morgan fingerprint density at radius 2 is 1.84 bits per heavy atom. The number of hydrogen-bond donors (Lipinski definition) is 1. The van der Waals surface area contributed by atoms with Crippen molar-refractivity contribution in [3.8, 4) is 0 Å². The molecule has 3 amide bonds. The number of pyridine rings is 1. The summed E-state index contributed by atoms with van der Waals surface area (Å²) >= 11 is -0.250. The van der Waals surface area contributed by atoms with E-state index in [4.69, 9.17) is 0 Å². The first kappa shape index (κ1) is 21.0. The van der Waals surface area contributed by atoms with Crippen molar-refractivity contribution in [1.29, 1.82) is 0 Å². The van der Waals surface area contributed by atoms with Gasteiger partial charge in [0.2, 0.25) is 0 Å². The number of fused-ring (bicyclic) bond motifs is 1. The molecule has 1 saturated heterocycles. The zero-order valence-electron chi connectivity index (χ0n) is 16.3. The molecule has 0 radical (unpaired) electrons. The molecule has 1 aliphatic rings. The summed E-state index contributed by atoms with van der Waals surface area (Å²) < 4.78 is 37.5. The van der Waals surface area contributed by atoms with Crippen LogP contribution in [0.15, 0.2) is 59.6 Å². The van der Waals surface area contributed by atoms with E-state index in [0.29, 0.717) is 0 Å². The maximum Gasteiger partial charge on any atom is 0.446 e. The van der Waals surface area contributed by atoms with E-state index in [1.165, 1.54) is 29.2 Å². The molecule has 4 rings (SSSR count). The SMILES string of the molecule is CNc1cccc2c(CN3CC(=O)N(c4ccc(SC(F)(F)F)cc4)C3=O)ccnc12. The number of aromatic nitrogens is 1. The Kier molecular flexibility index (Phi) is 5.48. The van der Waals surface area contributed by atoms with Crippen molar-refractivity contribution in [3.63, 3.8) is 0 Å². The number of carbonyl (C=O) groups is 2. The second-order valence-electron chi connectivity index (χ2n) is 6.83. The molecule has 0 bridgehead atoms. The van der Waals surface area contributed by atoms with Gasteiger partial charge in [0.05, 0.1) is 16.9 Å². The molecule has 0 atom stereocenters. The van der Waals surface area contributed by atoms with Gasteiger partial charge in [-0.1, -0.05) is 12.1 Å². The van der Waals surface area contributed by atoms with Gasteiger partial charge in [0.1, 0.15) is 6.54 Å². The lowest BCUT2D eigenvalue weighted by Gasteiger charge is -2.18. The molecule has 3 aromatic rings. The van der Waals surface area contributed by atoms with E-state index in [1.54, 1.807) is 19.3 Å². The van der Waals surface area contributed by atoms with E-state index in [1.807, 2.05) is 18.2 Å². The largest absolute Gasteiger partial charge is 0.446 e. The third-order valence-electron chi connectivity index (χ3n) is 4.86. The number of amides is 3. The van der Waals surface area contributed by atoms with Gasteiger partial charge in [0.15, 0.2) is 0 Å². The molecule has 1 aliphatic heterocycles. The number of carbonyl (C=O) groups excluding carboxylic acids is 2. The highest BCUT2D eigenvalue weighted by atomic mass is 32.2. The van der Waals surface area contributed by atoms with E-state index in [0.717, 1.165) is 27.1 Å². The molecule has 1 fully saturated rings. The van der Waals surface area contributed by atoms with E-state index in [2.05, 4.69) is 10.3 Å². The molecule has 6 nitrogen and oxygen atoms in total. The molecule has 1 aromatic heterocycles. The smallest absolute Gasteiger partial charge is 0.386 e. The van der Waals surface area contributed by atoms with Crippen LogP contribution in [-0.4, -0.2) is 40.9 Å². The van der Waals surface area contributed by atoms with Gasteiger partial charge in [-0.05, 0) is 53.7 Å². The van der Waals surface area contributed by atoms with Gasteiger partial charge in [-0.25, -0.2) is 9.69 Å². The Hall–Kier alpha value is -3.27. The average molecular weight is 446 g/mol. The molecule has 2 heterocycles. The van der Waals surface area contributed by atoms with E-state index in [9.17, 15) is 22.8 Å². The van der Waals surface area contributed by atoms with Gasteiger partial charge in [-0.3, -0.25) is 9.78 Å². The number of urea groups is 1. The fourth-order valence-electron chi connectivity index (χ4n) is 3.50. The third kappa shape index (κ3) is 4.29. The van der Waals surface area contributed by atoms with Gasteiger partial charge in [-0.2, -0.15) is 13.2 Å². The summed E-state index contributed by atoms with van der Waals surface area (Å²) in [5.41, 5.74) is -1.72. The van der Waals surface area contributed by atoms with Crippen molar-refractivity contribution in [1.82, 2.24) is 9.88 Å². The van der Waals surface area contributed by atoms with Gasteiger partial charge in [-0.15, -0.1) is 0 Å². The summed E-state index contributed by atoms with van der Waals surface area (Å²) in [5, 5.41) is 3.94. The van der Waals surface area contributed by atoms with Crippen LogP contribution in [0.4, 0.5) is 29.3 Å². The second kappa shape index (κ2) is 8.10. The number of imide groups is 1. The van der Waals surface area contributed by atoms with E-state index >= 15 is 0 Å². The van der Waals surface area contributed by atoms with Crippen molar-refractivity contribution in [2.45, 2.75) is 16.9 Å². The van der Waals surface area contributed by atoms with Gasteiger partial charge < -0.3 is 10.2 Å². The van der Waals surface area contributed by atoms with Crippen molar-refractivity contribution in [2.24, 2.45) is 0 Å². The monoisotopic (exact) mass is 446 g/mol. The lowest BCUT2D eigenvalue weighted by Crippen LogP contribution is -2.32. The number of benzene rings is 2. The summed E-state index contributed by atoms with van der Waals surface area (Å²) in [6.07, 6.45) is 1.65. The minimum absolute atomic E-state index is 0.0178. The molecular formula is C21H17F3N4O2S. The summed E-state index contributed by atoms with van der Waals surface area (Å²) in [6, 6.07) is 12.1. The lowest BCUT2D eigenvalue weighted by atomic mass is 10.1. The van der Waals surface area contributed by atoms with Crippen LogP contribution in [0.5, 0.6) is 0 Å². The van der Waals surface area contributed by atoms with Crippen LogP contribution in [-0.2, 0) is 11.3 Å². The topological polar surface area (TPSA) is 65.5 Å². The second-order valence-corrected chi connectivity index (χ2v) is 7.97. The van der Waals surface area contributed by atoms with Crippen molar-refractivity contribution in [2.75, 3.05) is 23.8 Å². The number of halogens is 3. The summed E-state index contributed by atoms with van der Waals surface area (Å²) in [4.78, 5) is 32.2. The first-order valence-electron chi connectivity index (χ1n) is 9.29. The maximum absolute atomic E-state index is 12.9. The molecule has 160 valence electrons. The van der Waals surface area contributed by atoms with Crippen LogP contribution < -0.4 is 10.2 Å². The molecule has 0 saturated carbocycles. The molecule has 0 unspecified atom stereocenters. The Balaban J connectivity index is 1.56. The summed E-state index contributed by atoms with van der Waals surface area (Å²) in [6.45, 7) is 0.0860. The van der Waals surface area contributed by atoms with Crippen LogP contribution in [0.2, 0.25) is 0 Å². The quantitative estimate of drug-likeness (QED) is 0.448. The van der Waals surface area contributed by atoms with Crippen molar-refractivity contribution >= 4 is 46.0 Å². The first-order valence-corrected chi connectivity index (χ1v) is 10.1. The molecule has 31 heavy (non-hydrogen) atoms. The highest BCUT2D eigenvalue weighted by Gasteiger charge is 2.37. The van der Waals surface area contributed by atoms with Crippen LogP contribution in [0.3, 0.4) is 0 Å². The Morgan fingerprint density at radius 3 is 2.52 bits per heavy atom. The maximum atomic E-state index is 12.9. The molecule has 2 aromatic carbocycles. The zero-order valence-corrected chi connectivity index (χ0v) is 17.1. The number of thioether (sulfide) groups is 1. The normalized spacial score (nSPS) is 14.6. The van der Waals surface area contributed by atoms with Gasteiger partial charge >= 0.3 is 11.5 Å². The fraction of sp³-hybridized carbons (Fsp3) is 0.190. The lowest BCUT2D eigenvalue weighted by molar-refractivity contribution is -0.116. The van der Waals surface area contributed by atoms with Crippen LogP contribution >= 0.6 is 11.8 Å². The van der Waals surface area contributed by atoms with E-state index in [-0.39, 0.29) is 35.4 Å². The highest BCUT2D eigenvalue weighted by Crippen LogP contribution is 2.37. The number of hydrogen-bond acceptors (Lipinski definition) is 5. The number of nitrogens with zero attached hydrogens (tertiary/aromatic N) is 3. The Labute approximate surface area is 180 Å². The predicted octanol–water partition coefficient (Wildman–Crippen LogP) is 4.86. The third-order valence-corrected chi connectivity index (χ3v) is 5.60. The van der Waals surface area contributed by atoms with Gasteiger partial charge in [0, 0.05) is 30.1 Å². The minimum atomic E-state index is -4.40. The summed E-state index contributed by atoms with van der Waals surface area (Å²) in [7, 11) is 1.79. The number of anilines is 2. The summed E-state index contributed by atoms with van der Waals surface area (Å²) in [5.74, 6) is -0.435. The Bertz CT molecular complexity index is 1150. The number of nitrogens with one attached hydrogen (secondary N) is 1. The van der Waals surface area contributed by atoms with Crippen molar-refractivity contribution < 1.29 is 22.8 Å². The number of rotatable bonds is 5. The van der Waals surface area contributed by atoms with Crippen LogP contribution in [0, 0.1) is 0 Å². The zero-order chi connectivity index (χ0) is 22.2. The molecule has 1 N–H and O–H groups in total. The predicted molar refractivity (Wildman–Crippen MR) is 113 cm³/mol. The van der Waals surface area contributed by atoms with Crippen molar-refractivity contribution in [3.05, 3.63) is 60.3 Å². The van der Waals surface area contributed by atoms with Crippen LogP contribution in [0.1, 0.15) is 5.56 Å². The van der Waals surface area contributed by atoms with E-state index < -0.39 is 17.4 Å². The molecule has 10 heteroatoms. The molecule has 0 spiro atoms. The standard InChI is InChI=1S/C21H17F3N4O2S/c1-25-17-4-2-3-16-13(9-10-26-19(16)17)11-27-12-18(29)28(20(27)30)14-5-7-15(8-6-14)31-21(22,23)24/h2-10,25H,11-12H2,1H3. The fourth-order valence-corrected chi connectivity index (χ4v) is 4.04. The van der Waals surface area contributed by atoms with Crippen LogP contribution in [0.25, 0.3) is 10.9 Å². The van der Waals surface area contributed by atoms with Gasteiger partial charge in [0.25, 0.3) is 5.91 Å². The first-order chi connectivity index (χ1) is 14.8. The minimum Gasteiger partial charge on any atom is -0.386 e. The molecule has 0 aliphatic carbocycles. The number of para-hydroxylation sites is 1. The Morgan fingerprint density at radius 1 is 1.10 bits per heavy atom. The highest BCUT2D eigenvalue weighted by molar-refractivity contribution is 8.00. The average Bonchev–Trinajstić information content (AvgIpc) is 3.00.